The molecule has 0 amide bonds. The maximum Gasteiger partial charge on any atom is 0.233 e. The molecule has 0 saturated heterocycles. The lowest BCUT2D eigenvalue weighted by Crippen LogP contribution is -2.24. The lowest BCUT2D eigenvalue weighted by molar-refractivity contribution is 0.244. The summed E-state index contributed by atoms with van der Waals surface area (Å²) in [5.41, 5.74) is 7.62. The number of hydrogen-bond acceptors (Lipinski definition) is 4. The molecule has 3 rings (SSSR count). The Labute approximate surface area is 125 Å². The maximum absolute atomic E-state index is 6.01. The zero-order valence-electron chi connectivity index (χ0n) is 12.8. The molecule has 1 fully saturated rings. The zero-order chi connectivity index (χ0) is 14.9. The monoisotopic (exact) mass is 285 g/mol. The van der Waals surface area contributed by atoms with Gasteiger partial charge >= 0.3 is 0 Å². The Bertz CT molecular complexity index is 612. The summed E-state index contributed by atoms with van der Waals surface area (Å²) in [5, 5.41) is 4.18. The molecule has 1 aliphatic carbocycles. The summed E-state index contributed by atoms with van der Waals surface area (Å²) in [7, 11) is 0. The van der Waals surface area contributed by atoms with Crippen LogP contribution in [0.4, 0.5) is 5.69 Å². The number of benzene rings is 1. The Morgan fingerprint density at radius 3 is 2.62 bits per heavy atom. The van der Waals surface area contributed by atoms with E-state index in [1.54, 1.807) is 0 Å². The van der Waals surface area contributed by atoms with Crippen LogP contribution in [0.15, 0.2) is 28.8 Å². The quantitative estimate of drug-likeness (QED) is 0.856. The van der Waals surface area contributed by atoms with Crippen LogP contribution >= 0.6 is 0 Å². The van der Waals surface area contributed by atoms with Gasteiger partial charge in [-0.3, -0.25) is 0 Å². The van der Waals surface area contributed by atoms with Crippen LogP contribution in [0.1, 0.15) is 51.8 Å². The minimum absolute atomic E-state index is 0.0724. The fraction of sp³-hybridized carbons (Fsp3) is 0.529. The molecule has 0 aliphatic heterocycles. The minimum Gasteiger partial charge on any atom is -0.398 e. The van der Waals surface area contributed by atoms with E-state index in [1.807, 2.05) is 24.3 Å². The molecule has 1 aromatic heterocycles. The molecule has 0 spiro atoms. The van der Waals surface area contributed by atoms with Crippen LogP contribution in [0, 0.1) is 5.92 Å². The van der Waals surface area contributed by atoms with E-state index in [0.29, 0.717) is 17.4 Å². The number of nitrogens with two attached hydrogens (primary N) is 1. The van der Waals surface area contributed by atoms with Crippen LogP contribution in [0.3, 0.4) is 0 Å². The van der Waals surface area contributed by atoms with Crippen LogP contribution in [0.2, 0.25) is 0 Å². The Morgan fingerprint density at radius 1 is 1.24 bits per heavy atom. The van der Waals surface area contributed by atoms with Gasteiger partial charge in [-0.1, -0.05) is 44.0 Å². The molecule has 112 valence electrons. The molecule has 4 heteroatoms. The van der Waals surface area contributed by atoms with Crippen molar-refractivity contribution in [1.29, 1.82) is 0 Å². The fourth-order valence-electron chi connectivity index (χ4n) is 3.59. The van der Waals surface area contributed by atoms with Gasteiger partial charge in [-0.05, 0) is 37.3 Å². The van der Waals surface area contributed by atoms with Crippen molar-refractivity contribution in [3.05, 3.63) is 30.2 Å². The molecule has 0 atom stereocenters. The van der Waals surface area contributed by atoms with Gasteiger partial charge in [0.1, 0.15) is 0 Å². The highest BCUT2D eigenvalue weighted by Gasteiger charge is 2.41. The first-order chi connectivity index (χ1) is 10.1. The number of hydrogen-bond donors (Lipinski definition) is 1. The molecule has 1 aromatic carbocycles. The van der Waals surface area contributed by atoms with E-state index < -0.39 is 0 Å². The van der Waals surface area contributed by atoms with Crippen molar-refractivity contribution in [3.63, 3.8) is 0 Å². The second-order valence-electron chi connectivity index (χ2n) is 6.60. The third-order valence-corrected chi connectivity index (χ3v) is 4.44. The fourth-order valence-corrected chi connectivity index (χ4v) is 3.59. The van der Waals surface area contributed by atoms with Crippen LogP contribution in [-0.2, 0) is 5.41 Å². The van der Waals surface area contributed by atoms with Crippen LogP contribution in [0.5, 0.6) is 0 Å². The molecule has 1 aliphatic rings. The first kappa shape index (κ1) is 14.1. The van der Waals surface area contributed by atoms with Crippen molar-refractivity contribution >= 4 is 5.69 Å². The largest absolute Gasteiger partial charge is 0.398 e. The molecular formula is C17H23N3O. The lowest BCUT2D eigenvalue weighted by Gasteiger charge is -2.26. The van der Waals surface area contributed by atoms with Gasteiger partial charge in [-0.25, -0.2) is 0 Å². The van der Waals surface area contributed by atoms with E-state index in [4.69, 9.17) is 15.2 Å². The van der Waals surface area contributed by atoms with E-state index in [9.17, 15) is 0 Å². The maximum atomic E-state index is 6.01. The highest BCUT2D eigenvalue weighted by atomic mass is 16.5. The van der Waals surface area contributed by atoms with Crippen LogP contribution in [0.25, 0.3) is 11.4 Å². The highest BCUT2D eigenvalue weighted by molar-refractivity contribution is 5.70. The predicted molar refractivity (Wildman–Crippen MR) is 83.7 cm³/mol. The third kappa shape index (κ3) is 2.67. The van der Waals surface area contributed by atoms with Crippen molar-refractivity contribution in [2.75, 3.05) is 5.73 Å². The molecule has 1 saturated carbocycles. The molecule has 21 heavy (non-hydrogen) atoms. The molecule has 2 N–H and O–H groups in total. The van der Waals surface area contributed by atoms with Crippen LogP contribution in [-0.4, -0.2) is 10.1 Å². The minimum atomic E-state index is 0.0724. The number of nitrogen functional groups attached to an aromatic ring is 1. The van der Waals surface area contributed by atoms with E-state index in [1.165, 1.54) is 12.8 Å². The Balaban J connectivity index is 1.95. The summed E-state index contributed by atoms with van der Waals surface area (Å²) < 4.78 is 5.65. The van der Waals surface area contributed by atoms with Crippen LogP contribution < -0.4 is 5.73 Å². The average molecular weight is 285 g/mol. The van der Waals surface area contributed by atoms with Gasteiger partial charge in [0.2, 0.25) is 11.7 Å². The van der Waals surface area contributed by atoms with Gasteiger partial charge < -0.3 is 10.3 Å². The topological polar surface area (TPSA) is 64.9 Å². The highest BCUT2D eigenvalue weighted by Crippen LogP contribution is 2.45. The summed E-state index contributed by atoms with van der Waals surface area (Å²) in [6.07, 6.45) is 5.91. The van der Waals surface area contributed by atoms with Crippen molar-refractivity contribution in [2.24, 2.45) is 5.92 Å². The Morgan fingerprint density at radius 2 is 1.95 bits per heavy atom. The van der Waals surface area contributed by atoms with Crippen molar-refractivity contribution in [2.45, 2.75) is 51.4 Å². The smallest absolute Gasteiger partial charge is 0.233 e. The third-order valence-electron chi connectivity index (χ3n) is 4.44. The number of rotatable bonds is 4. The second kappa shape index (κ2) is 5.51. The number of aromatic nitrogens is 2. The number of para-hydroxylation sites is 1. The van der Waals surface area contributed by atoms with Crippen molar-refractivity contribution in [3.8, 4) is 11.4 Å². The van der Waals surface area contributed by atoms with Crippen molar-refractivity contribution < 1.29 is 4.52 Å². The van der Waals surface area contributed by atoms with E-state index in [0.717, 1.165) is 30.7 Å². The molecule has 0 unspecified atom stereocenters. The first-order valence-electron chi connectivity index (χ1n) is 7.80. The summed E-state index contributed by atoms with van der Waals surface area (Å²) in [6, 6.07) is 7.66. The number of nitrogens with zero attached hydrogens (tertiary/aromatic N) is 2. The summed E-state index contributed by atoms with van der Waals surface area (Å²) in [6.45, 7) is 4.51. The van der Waals surface area contributed by atoms with Gasteiger partial charge in [0.05, 0.1) is 0 Å². The van der Waals surface area contributed by atoms with E-state index in [2.05, 4.69) is 19.0 Å². The number of anilines is 1. The van der Waals surface area contributed by atoms with Gasteiger partial charge in [-0.15, -0.1) is 0 Å². The van der Waals surface area contributed by atoms with E-state index >= 15 is 0 Å². The van der Waals surface area contributed by atoms with Gasteiger partial charge in [0, 0.05) is 16.7 Å². The zero-order valence-corrected chi connectivity index (χ0v) is 12.8. The molecule has 0 bridgehead atoms. The Kier molecular flexibility index (Phi) is 3.70. The SMILES string of the molecule is CC(C)CC1(c2nc(-c3ccccc3N)no2)CCCC1. The average Bonchev–Trinajstić information content (AvgIpc) is 3.08. The second-order valence-corrected chi connectivity index (χ2v) is 6.60. The predicted octanol–water partition coefficient (Wildman–Crippen LogP) is 4.18. The van der Waals surface area contributed by atoms with E-state index in [-0.39, 0.29) is 5.41 Å². The molecule has 1 heterocycles. The molecule has 0 radical (unpaired) electrons. The first-order valence-corrected chi connectivity index (χ1v) is 7.80. The van der Waals surface area contributed by atoms with Gasteiger partial charge in [0.25, 0.3) is 0 Å². The summed E-state index contributed by atoms with van der Waals surface area (Å²) >= 11 is 0. The van der Waals surface area contributed by atoms with Gasteiger partial charge in [-0.2, -0.15) is 4.98 Å². The summed E-state index contributed by atoms with van der Waals surface area (Å²) in [4.78, 5) is 4.69. The standard InChI is InChI=1S/C17H23N3O/c1-12(2)11-17(9-5-6-10-17)16-19-15(20-21-16)13-7-3-4-8-14(13)18/h3-4,7-8,12H,5-6,9-11,18H2,1-2H3. The lowest BCUT2D eigenvalue weighted by atomic mass is 9.78. The van der Waals surface area contributed by atoms with Crippen molar-refractivity contribution in [1.82, 2.24) is 10.1 Å². The summed E-state index contributed by atoms with van der Waals surface area (Å²) in [5.74, 6) is 2.03. The van der Waals surface area contributed by atoms with Gasteiger partial charge in [0.15, 0.2) is 0 Å². The molecule has 4 nitrogen and oxygen atoms in total. The molecule has 2 aromatic rings. The molecular weight excluding hydrogens is 262 g/mol. The Hall–Kier alpha value is -1.84. The normalized spacial score (nSPS) is 17.5.